The van der Waals surface area contributed by atoms with Gasteiger partial charge < -0.3 is 19.4 Å². The van der Waals surface area contributed by atoms with Crippen molar-refractivity contribution in [2.75, 3.05) is 5.32 Å². The molecule has 0 bridgehead atoms. The average Bonchev–Trinajstić information content (AvgIpc) is 2.71. The number of phenols is 1. The van der Waals surface area contributed by atoms with Crippen LogP contribution in [0.2, 0.25) is 0 Å². The Kier molecular flexibility index (Phi) is 5.28. The van der Waals surface area contributed by atoms with Crippen LogP contribution in [-0.4, -0.2) is 28.4 Å². The Balaban J connectivity index is 1.96. The van der Waals surface area contributed by atoms with Gasteiger partial charge in [-0.3, -0.25) is 10.1 Å². The fourth-order valence-electron chi connectivity index (χ4n) is 3.53. The van der Waals surface area contributed by atoms with E-state index in [-0.39, 0.29) is 39.9 Å². The molecule has 2 aliphatic rings. The predicted octanol–water partition coefficient (Wildman–Crippen LogP) is 4.93. The molecule has 0 saturated carbocycles. The smallest absolute Gasteiger partial charge is 0.411 e. The van der Waals surface area contributed by atoms with Crippen molar-refractivity contribution >= 4 is 28.7 Å². The molecule has 0 radical (unpaired) electrons. The number of hydrogen-bond acceptors (Lipinski definition) is 6. The van der Waals surface area contributed by atoms with Crippen molar-refractivity contribution in [3.05, 3.63) is 70.4 Å². The van der Waals surface area contributed by atoms with Crippen LogP contribution in [0.1, 0.15) is 24.2 Å². The number of carbonyl (C=O) groups excluding carboxylic acids is 1. The van der Waals surface area contributed by atoms with Gasteiger partial charge in [-0.05, 0) is 55.8 Å². The van der Waals surface area contributed by atoms with Gasteiger partial charge in [-0.15, -0.1) is 0 Å². The van der Waals surface area contributed by atoms with Crippen molar-refractivity contribution in [3.8, 4) is 28.2 Å². The molecule has 1 heterocycles. The molecule has 0 fully saturated rings. The summed E-state index contributed by atoms with van der Waals surface area (Å²) in [4.78, 5) is 35.9. The number of rotatable bonds is 4. The normalized spacial score (nSPS) is 11.1. The second-order valence-corrected chi connectivity index (χ2v) is 7.46. The van der Waals surface area contributed by atoms with E-state index in [2.05, 4.69) is 5.32 Å². The minimum Gasteiger partial charge on any atom is -0.508 e. The molecule has 0 unspecified atom stereocenters. The molecule has 4 rings (SSSR count). The Hall–Kier alpha value is -4.33. The van der Waals surface area contributed by atoms with Crippen molar-refractivity contribution < 1.29 is 29.0 Å². The first-order valence-electron chi connectivity index (χ1n) is 9.78. The van der Waals surface area contributed by atoms with Gasteiger partial charge in [-0.25, -0.2) is 9.59 Å². The largest absolute Gasteiger partial charge is 0.508 e. The molecule has 0 saturated heterocycles. The van der Waals surface area contributed by atoms with E-state index in [1.54, 1.807) is 38.1 Å². The number of ether oxygens (including phenoxy) is 1. The number of anilines is 1. The van der Waals surface area contributed by atoms with E-state index in [0.717, 1.165) is 0 Å². The molecule has 1 aliphatic carbocycles. The molecule has 0 spiro atoms. The van der Waals surface area contributed by atoms with Crippen LogP contribution >= 0.6 is 0 Å². The summed E-state index contributed by atoms with van der Waals surface area (Å²) in [6, 6.07) is 13.2. The topological polar surface area (TPSA) is 126 Å². The fourth-order valence-corrected chi connectivity index (χ4v) is 3.53. The summed E-state index contributed by atoms with van der Waals surface area (Å²) in [7, 11) is 0. The maximum absolute atomic E-state index is 12.1. The average molecular weight is 433 g/mol. The number of fused-ring (bicyclic) bond motifs is 2. The zero-order valence-corrected chi connectivity index (χ0v) is 17.2. The van der Waals surface area contributed by atoms with Gasteiger partial charge in [0, 0.05) is 34.3 Å². The Morgan fingerprint density at radius 2 is 1.75 bits per heavy atom. The molecule has 32 heavy (non-hydrogen) atoms. The van der Waals surface area contributed by atoms with Crippen LogP contribution in [0.25, 0.3) is 33.4 Å². The number of carbonyl (C=O) groups is 2. The first-order chi connectivity index (χ1) is 15.2. The minimum atomic E-state index is -1.21. The van der Waals surface area contributed by atoms with Crippen LogP contribution in [0.3, 0.4) is 0 Å². The number of aromatic hydroxyl groups is 1. The second-order valence-electron chi connectivity index (χ2n) is 7.46. The number of nitrogens with one attached hydrogen (secondary N) is 1. The van der Waals surface area contributed by atoms with Crippen molar-refractivity contribution in [2.45, 2.75) is 20.0 Å². The number of phenolic OH excluding ortho intramolecular Hbond substituents is 1. The van der Waals surface area contributed by atoms with Gasteiger partial charge in [0.25, 0.3) is 0 Å². The lowest BCUT2D eigenvalue weighted by atomic mass is 9.90. The molecule has 2 aromatic carbocycles. The number of carboxylic acid groups (broad SMARTS) is 1. The molecular weight excluding hydrogens is 414 g/mol. The second kappa shape index (κ2) is 8.07. The lowest BCUT2D eigenvalue weighted by Crippen LogP contribution is -2.18. The van der Waals surface area contributed by atoms with Crippen LogP contribution in [0.4, 0.5) is 10.5 Å². The highest BCUT2D eigenvalue weighted by atomic mass is 16.6. The molecule has 0 aromatic heterocycles. The predicted molar refractivity (Wildman–Crippen MR) is 118 cm³/mol. The van der Waals surface area contributed by atoms with Crippen molar-refractivity contribution in [2.24, 2.45) is 0 Å². The fraction of sp³-hybridized carbons (Fsp3) is 0.125. The Labute approximate surface area is 182 Å². The van der Waals surface area contributed by atoms with Gasteiger partial charge in [-0.2, -0.15) is 0 Å². The number of carboxylic acids is 1. The highest BCUT2D eigenvalue weighted by molar-refractivity contribution is 6.08. The minimum absolute atomic E-state index is 0.0356. The SMILES string of the molecule is CC(C)OC(=O)Nc1ccc(-c2c3ccc(=O)cc-3oc3cc(O)ccc23)c(C(=O)O)c1. The molecule has 2 aromatic rings. The monoisotopic (exact) mass is 433 g/mol. The van der Waals surface area contributed by atoms with Crippen LogP contribution < -0.4 is 10.7 Å². The molecule has 0 atom stereocenters. The van der Waals surface area contributed by atoms with E-state index in [0.29, 0.717) is 22.1 Å². The van der Waals surface area contributed by atoms with Crippen molar-refractivity contribution in [1.82, 2.24) is 0 Å². The third-order valence-corrected chi connectivity index (χ3v) is 4.79. The Morgan fingerprint density at radius 1 is 1.00 bits per heavy atom. The van der Waals surface area contributed by atoms with E-state index < -0.39 is 12.1 Å². The summed E-state index contributed by atoms with van der Waals surface area (Å²) in [6.45, 7) is 3.40. The molecule has 3 N–H and O–H groups in total. The Bertz CT molecular complexity index is 1390. The van der Waals surface area contributed by atoms with Crippen molar-refractivity contribution in [3.63, 3.8) is 0 Å². The quantitative estimate of drug-likeness (QED) is 0.390. The van der Waals surface area contributed by atoms with Crippen LogP contribution in [0, 0.1) is 0 Å². The summed E-state index contributed by atoms with van der Waals surface area (Å²) in [5.74, 6) is -0.988. The first-order valence-corrected chi connectivity index (χ1v) is 9.78. The highest BCUT2D eigenvalue weighted by Crippen LogP contribution is 2.42. The zero-order valence-electron chi connectivity index (χ0n) is 17.2. The Morgan fingerprint density at radius 3 is 2.47 bits per heavy atom. The summed E-state index contributed by atoms with van der Waals surface area (Å²) in [6.07, 6.45) is -1.03. The number of aromatic carboxylic acids is 1. The zero-order chi connectivity index (χ0) is 23.0. The van der Waals surface area contributed by atoms with Crippen LogP contribution in [-0.2, 0) is 4.74 Å². The molecule has 8 heteroatoms. The van der Waals surface area contributed by atoms with Crippen LogP contribution in [0.15, 0.2) is 63.8 Å². The number of hydrogen-bond donors (Lipinski definition) is 3. The lowest BCUT2D eigenvalue weighted by Gasteiger charge is -2.17. The van der Waals surface area contributed by atoms with Gasteiger partial charge in [-0.1, -0.05) is 6.07 Å². The molecule has 8 nitrogen and oxygen atoms in total. The third kappa shape index (κ3) is 3.98. The number of benzene rings is 3. The number of amides is 1. The van der Waals surface area contributed by atoms with E-state index in [4.69, 9.17) is 9.15 Å². The van der Waals surface area contributed by atoms with Crippen molar-refractivity contribution in [1.29, 1.82) is 0 Å². The maximum Gasteiger partial charge on any atom is 0.411 e. The summed E-state index contributed by atoms with van der Waals surface area (Å²) >= 11 is 0. The summed E-state index contributed by atoms with van der Waals surface area (Å²) in [5, 5.41) is 22.9. The van der Waals surface area contributed by atoms with Gasteiger partial charge >= 0.3 is 12.1 Å². The van der Waals surface area contributed by atoms with E-state index in [9.17, 15) is 24.6 Å². The third-order valence-electron chi connectivity index (χ3n) is 4.79. The van der Waals surface area contributed by atoms with E-state index in [1.807, 2.05) is 0 Å². The molecular formula is C24H19NO7. The van der Waals surface area contributed by atoms with Crippen LogP contribution in [0.5, 0.6) is 5.75 Å². The molecule has 1 amide bonds. The highest BCUT2D eigenvalue weighted by Gasteiger charge is 2.22. The lowest BCUT2D eigenvalue weighted by molar-refractivity contribution is 0.0697. The van der Waals surface area contributed by atoms with Gasteiger partial charge in [0.2, 0.25) is 0 Å². The summed E-state index contributed by atoms with van der Waals surface area (Å²) < 4.78 is 10.8. The standard InChI is InChI=1S/C24H19NO7/c1-12(2)31-24(30)25-13-3-6-16(19(9-13)23(28)29)22-17-7-4-14(26)10-20(17)32-21-11-15(27)5-8-18(21)22/h3-12,26H,1-2H3,(H,25,30)(H,28,29). The maximum atomic E-state index is 12.1. The first kappa shape index (κ1) is 20.9. The molecule has 1 aliphatic heterocycles. The van der Waals surface area contributed by atoms with Gasteiger partial charge in [0.15, 0.2) is 5.43 Å². The molecule has 162 valence electrons. The van der Waals surface area contributed by atoms with Gasteiger partial charge in [0.1, 0.15) is 17.1 Å². The van der Waals surface area contributed by atoms with Gasteiger partial charge in [0.05, 0.1) is 11.7 Å². The van der Waals surface area contributed by atoms with E-state index >= 15 is 0 Å². The van der Waals surface area contributed by atoms with E-state index in [1.165, 1.54) is 30.3 Å². The summed E-state index contributed by atoms with van der Waals surface area (Å²) in [5.41, 5.74) is 1.62.